The summed E-state index contributed by atoms with van der Waals surface area (Å²) >= 11 is 0. The zero-order valence-electron chi connectivity index (χ0n) is 12.1. The highest BCUT2D eigenvalue weighted by Gasteiger charge is 2.26. The van der Waals surface area contributed by atoms with Crippen molar-refractivity contribution in [3.63, 3.8) is 0 Å². The molecule has 6 heteroatoms. The van der Waals surface area contributed by atoms with Crippen LogP contribution in [-0.4, -0.2) is 84.0 Å². The van der Waals surface area contributed by atoms with Gasteiger partial charge in [-0.15, -0.1) is 0 Å². The van der Waals surface area contributed by atoms with Gasteiger partial charge in [-0.05, 0) is 20.5 Å². The highest BCUT2D eigenvalue weighted by molar-refractivity contribution is 5.81. The van der Waals surface area contributed by atoms with E-state index >= 15 is 0 Å². The molecular formula is C13H25N3O3. The molecular weight excluding hydrogens is 246 g/mol. The molecule has 1 aliphatic heterocycles. The van der Waals surface area contributed by atoms with Crippen LogP contribution in [0.15, 0.2) is 0 Å². The number of hydrogen-bond acceptors (Lipinski definition) is 4. The first-order chi connectivity index (χ1) is 8.95. The normalized spacial score (nSPS) is 18.6. The quantitative estimate of drug-likeness (QED) is 0.733. The zero-order chi connectivity index (χ0) is 14.4. The molecule has 0 aromatic heterocycles. The minimum Gasteiger partial charge on any atom is -0.481 e. The first kappa shape index (κ1) is 15.9. The fourth-order valence-corrected chi connectivity index (χ4v) is 2.20. The van der Waals surface area contributed by atoms with Gasteiger partial charge in [-0.2, -0.15) is 0 Å². The van der Waals surface area contributed by atoms with Gasteiger partial charge in [0.15, 0.2) is 0 Å². The number of carboxylic acid groups (broad SMARTS) is 1. The molecule has 110 valence electrons. The van der Waals surface area contributed by atoms with Crippen molar-refractivity contribution in [2.24, 2.45) is 0 Å². The van der Waals surface area contributed by atoms with Gasteiger partial charge in [0, 0.05) is 32.7 Å². The number of nitrogens with zero attached hydrogens (tertiary/aromatic N) is 3. The summed E-state index contributed by atoms with van der Waals surface area (Å²) in [6.45, 7) is 8.78. The number of likely N-dealkylation sites (N-methyl/N-ethyl adjacent to an activating group) is 2. The van der Waals surface area contributed by atoms with Gasteiger partial charge in [0.25, 0.3) is 0 Å². The van der Waals surface area contributed by atoms with Crippen molar-refractivity contribution in [1.82, 2.24) is 14.7 Å². The number of carboxylic acids is 1. The van der Waals surface area contributed by atoms with E-state index in [4.69, 9.17) is 5.11 Å². The van der Waals surface area contributed by atoms with Crippen molar-refractivity contribution in [2.45, 2.75) is 26.3 Å². The van der Waals surface area contributed by atoms with Crippen LogP contribution in [-0.2, 0) is 9.59 Å². The molecule has 6 nitrogen and oxygen atoms in total. The lowest BCUT2D eigenvalue weighted by Gasteiger charge is -2.37. The first-order valence-corrected chi connectivity index (χ1v) is 6.88. The Kier molecular flexibility index (Phi) is 6.24. The monoisotopic (exact) mass is 271 g/mol. The molecule has 1 aliphatic rings. The number of rotatable bonds is 6. The standard InChI is InChI=1S/C13H25N3O3/c1-4-15-7-9-16(10-8-15)13(19)11(2)14(3)6-5-12(17)18/h11H,4-10H2,1-3H3,(H,17,18). The van der Waals surface area contributed by atoms with Crippen molar-refractivity contribution in [1.29, 1.82) is 0 Å². The first-order valence-electron chi connectivity index (χ1n) is 6.88. The second-order valence-electron chi connectivity index (χ2n) is 5.06. The van der Waals surface area contributed by atoms with E-state index in [1.54, 1.807) is 7.05 Å². The van der Waals surface area contributed by atoms with Crippen molar-refractivity contribution in [3.05, 3.63) is 0 Å². The molecule has 0 bridgehead atoms. The summed E-state index contributed by atoms with van der Waals surface area (Å²) in [4.78, 5) is 28.9. The number of aliphatic carboxylic acids is 1. The Hall–Kier alpha value is -1.14. The molecule has 1 unspecified atom stereocenters. The van der Waals surface area contributed by atoms with Crippen molar-refractivity contribution < 1.29 is 14.7 Å². The lowest BCUT2D eigenvalue weighted by Crippen LogP contribution is -2.53. The molecule has 0 aromatic carbocycles. The number of hydrogen-bond donors (Lipinski definition) is 1. The smallest absolute Gasteiger partial charge is 0.304 e. The van der Waals surface area contributed by atoms with E-state index in [-0.39, 0.29) is 18.4 Å². The van der Waals surface area contributed by atoms with Gasteiger partial charge in [-0.1, -0.05) is 6.92 Å². The third-order valence-electron chi connectivity index (χ3n) is 3.83. The summed E-state index contributed by atoms with van der Waals surface area (Å²) in [5.41, 5.74) is 0. The van der Waals surface area contributed by atoms with Crippen molar-refractivity contribution in [3.8, 4) is 0 Å². The Morgan fingerprint density at radius 1 is 1.26 bits per heavy atom. The molecule has 1 heterocycles. The van der Waals surface area contributed by atoms with E-state index in [1.807, 2.05) is 16.7 Å². The van der Waals surface area contributed by atoms with Gasteiger partial charge in [0.1, 0.15) is 0 Å². The molecule has 0 spiro atoms. The van der Waals surface area contributed by atoms with Crippen LogP contribution in [0.2, 0.25) is 0 Å². The second kappa shape index (κ2) is 7.45. The Labute approximate surface area is 115 Å². The summed E-state index contributed by atoms with van der Waals surface area (Å²) < 4.78 is 0. The summed E-state index contributed by atoms with van der Waals surface area (Å²) in [6.07, 6.45) is 0.0672. The zero-order valence-corrected chi connectivity index (χ0v) is 12.1. The molecule has 1 rings (SSSR count). The van der Waals surface area contributed by atoms with E-state index < -0.39 is 5.97 Å². The van der Waals surface area contributed by atoms with Crippen LogP contribution in [0.3, 0.4) is 0 Å². The number of carbonyl (C=O) groups is 2. The second-order valence-corrected chi connectivity index (χ2v) is 5.06. The molecule has 1 amide bonds. The molecule has 0 aromatic rings. The van der Waals surface area contributed by atoms with Gasteiger partial charge < -0.3 is 14.9 Å². The minimum atomic E-state index is -0.831. The van der Waals surface area contributed by atoms with Crippen LogP contribution < -0.4 is 0 Å². The number of carbonyl (C=O) groups excluding carboxylic acids is 1. The van der Waals surface area contributed by atoms with Crippen LogP contribution in [0.4, 0.5) is 0 Å². The number of amides is 1. The largest absolute Gasteiger partial charge is 0.481 e. The van der Waals surface area contributed by atoms with E-state index in [2.05, 4.69) is 11.8 Å². The van der Waals surface area contributed by atoms with Crippen LogP contribution in [0.5, 0.6) is 0 Å². The fourth-order valence-electron chi connectivity index (χ4n) is 2.20. The molecule has 0 saturated carbocycles. The maximum atomic E-state index is 12.3. The predicted molar refractivity (Wildman–Crippen MR) is 73.0 cm³/mol. The fraction of sp³-hybridized carbons (Fsp3) is 0.846. The third-order valence-corrected chi connectivity index (χ3v) is 3.83. The average molecular weight is 271 g/mol. The average Bonchev–Trinajstić information content (AvgIpc) is 2.43. The van der Waals surface area contributed by atoms with Crippen molar-refractivity contribution >= 4 is 11.9 Å². The van der Waals surface area contributed by atoms with Gasteiger partial charge in [-0.25, -0.2) is 0 Å². The van der Waals surface area contributed by atoms with Gasteiger partial charge >= 0.3 is 5.97 Å². The highest BCUT2D eigenvalue weighted by atomic mass is 16.4. The lowest BCUT2D eigenvalue weighted by molar-refractivity contribution is -0.140. The minimum absolute atomic E-state index is 0.0672. The van der Waals surface area contributed by atoms with Crippen LogP contribution in [0.1, 0.15) is 20.3 Å². The Morgan fingerprint density at radius 3 is 2.32 bits per heavy atom. The van der Waals surface area contributed by atoms with Gasteiger partial charge in [-0.3, -0.25) is 14.5 Å². The van der Waals surface area contributed by atoms with E-state index in [0.29, 0.717) is 6.54 Å². The Morgan fingerprint density at radius 2 is 1.84 bits per heavy atom. The maximum Gasteiger partial charge on any atom is 0.304 e. The topological polar surface area (TPSA) is 64.1 Å². The Bertz CT molecular complexity index is 314. The van der Waals surface area contributed by atoms with Crippen molar-refractivity contribution in [2.75, 3.05) is 46.3 Å². The van der Waals surface area contributed by atoms with E-state index in [9.17, 15) is 9.59 Å². The summed E-state index contributed by atoms with van der Waals surface area (Å²) in [5, 5.41) is 8.66. The number of piperazine rings is 1. The summed E-state index contributed by atoms with van der Waals surface area (Å²) in [6, 6.07) is -0.257. The van der Waals surface area contributed by atoms with E-state index in [0.717, 1.165) is 32.7 Å². The van der Waals surface area contributed by atoms with Crippen LogP contribution in [0.25, 0.3) is 0 Å². The molecule has 1 atom stereocenters. The van der Waals surface area contributed by atoms with Crippen LogP contribution >= 0.6 is 0 Å². The molecule has 0 radical (unpaired) electrons. The summed E-state index contributed by atoms with van der Waals surface area (Å²) in [5.74, 6) is -0.730. The lowest BCUT2D eigenvalue weighted by atomic mass is 10.2. The van der Waals surface area contributed by atoms with Gasteiger partial charge in [0.05, 0.1) is 12.5 Å². The molecule has 1 saturated heterocycles. The van der Waals surface area contributed by atoms with Gasteiger partial charge in [0.2, 0.25) is 5.91 Å². The SMILES string of the molecule is CCN1CCN(C(=O)C(C)N(C)CCC(=O)O)CC1. The maximum absolute atomic E-state index is 12.3. The summed E-state index contributed by atoms with van der Waals surface area (Å²) in [7, 11) is 1.80. The third kappa shape index (κ3) is 4.80. The molecule has 1 N–H and O–H groups in total. The van der Waals surface area contributed by atoms with Crippen LogP contribution in [0, 0.1) is 0 Å². The van der Waals surface area contributed by atoms with E-state index in [1.165, 1.54) is 0 Å². The Balaban J connectivity index is 2.41. The molecule has 19 heavy (non-hydrogen) atoms. The predicted octanol–water partition coefficient (Wildman–Crippen LogP) is -0.0545. The molecule has 0 aliphatic carbocycles. The molecule has 1 fully saturated rings. The highest BCUT2D eigenvalue weighted by Crippen LogP contribution is 2.07.